The molecule has 2 N–H and O–H groups in total. The first kappa shape index (κ1) is 13.2. The van der Waals surface area contributed by atoms with E-state index in [4.69, 9.17) is 5.73 Å². The third-order valence-corrected chi connectivity index (χ3v) is 5.15. The Morgan fingerprint density at radius 3 is 2.56 bits per heavy atom. The lowest BCUT2D eigenvalue weighted by Gasteiger charge is -2.26. The van der Waals surface area contributed by atoms with Gasteiger partial charge in [-0.1, -0.05) is 13.8 Å². The lowest BCUT2D eigenvalue weighted by Crippen LogP contribution is -2.38. The van der Waals surface area contributed by atoms with Gasteiger partial charge >= 0.3 is 0 Å². The van der Waals surface area contributed by atoms with Gasteiger partial charge in [0.25, 0.3) is 0 Å². The summed E-state index contributed by atoms with van der Waals surface area (Å²) in [5.41, 5.74) is 5.37. The predicted molar refractivity (Wildman–Crippen MR) is 68.2 cm³/mol. The molecule has 1 saturated heterocycles. The molecule has 0 aliphatic carbocycles. The molecule has 0 bridgehead atoms. The lowest BCUT2D eigenvalue weighted by molar-refractivity contribution is 0.315. The predicted octanol–water partition coefficient (Wildman–Crippen LogP) is 0.868. The SMILES string of the molecule is CC(C)C1CCCN1S(=O)(=O)c1cnc(N)nc1. The van der Waals surface area contributed by atoms with Crippen molar-refractivity contribution in [1.29, 1.82) is 0 Å². The van der Waals surface area contributed by atoms with Crippen molar-refractivity contribution in [2.75, 3.05) is 12.3 Å². The molecule has 1 aromatic rings. The van der Waals surface area contributed by atoms with E-state index in [1.165, 1.54) is 12.4 Å². The minimum absolute atomic E-state index is 0.0625. The van der Waals surface area contributed by atoms with Gasteiger partial charge in [0, 0.05) is 12.6 Å². The third kappa shape index (κ3) is 2.32. The Morgan fingerprint density at radius 2 is 2.00 bits per heavy atom. The Balaban J connectivity index is 2.33. The fourth-order valence-electron chi connectivity index (χ4n) is 2.33. The van der Waals surface area contributed by atoms with Gasteiger partial charge in [-0.2, -0.15) is 4.31 Å². The van der Waals surface area contributed by atoms with Gasteiger partial charge in [0.05, 0.1) is 12.4 Å². The fraction of sp³-hybridized carbons (Fsp3) is 0.636. The van der Waals surface area contributed by atoms with E-state index in [2.05, 4.69) is 9.97 Å². The molecule has 7 heteroatoms. The zero-order chi connectivity index (χ0) is 13.3. The second kappa shape index (κ2) is 4.81. The van der Waals surface area contributed by atoms with Gasteiger partial charge in [0.15, 0.2) is 0 Å². The molecule has 2 rings (SSSR count). The molecule has 0 amide bonds. The van der Waals surface area contributed by atoms with Crippen molar-refractivity contribution in [3.63, 3.8) is 0 Å². The number of nitrogens with two attached hydrogens (primary N) is 1. The molecule has 1 aromatic heterocycles. The highest BCUT2D eigenvalue weighted by Gasteiger charge is 2.37. The van der Waals surface area contributed by atoms with E-state index in [0.717, 1.165) is 12.8 Å². The molecule has 1 aliphatic rings. The number of nitrogen functional groups attached to an aromatic ring is 1. The minimum Gasteiger partial charge on any atom is -0.368 e. The number of aromatic nitrogens is 2. The van der Waals surface area contributed by atoms with Crippen LogP contribution in [0.25, 0.3) is 0 Å². The summed E-state index contributed by atoms with van der Waals surface area (Å²) in [6.07, 6.45) is 4.35. The Hall–Kier alpha value is -1.21. The standard InChI is InChI=1S/C11H18N4O2S/c1-8(2)10-4-3-5-15(10)18(16,17)9-6-13-11(12)14-7-9/h6-8,10H,3-5H2,1-2H3,(H2,12,13,14). The molecule has 1 unspecified atom stereocenters. The van der Waals surface area contributed by atoms with Gasteiger partial charge in [0.2, 0.25) is 16.0 Å². The zero-order valence-electron chi connectivity index (χ0n) is 10.6. The van der Waals surface area contributed by atoms with E-state index in [1.807, 2.05) is 13.8 Å². The molecule has 1 fully saturated rings. The average Bonchev–Trinajstić information content (AvgIpc) is 2.79. The Labute approximate surface area is 107 Å². The van der Waals surface area contributed by atoms with Crippen molar-refractivity contribution >= 4 is 16.0 Å². The van der Waals surface area contributed by atoms with Gasteiger partial charge in [-0.25, -0.2) is 18.4 Å². The Kier molecular flexibility index (Phi) is 3.54. The Morgan fingerprint density at radius 1 is 1.39 bits per heavy atom. The summed E-state index contributed by atoms with van der Waals surface area (Å²) in [5.74, 6) is 0.382. The molecule has 1 atom stereocenters. The molecule has 0 saturated carbocycles. The smallest absolute Gasteiger partial charge is 0.246 e. The number of sulfonamides is 1. The van der Waals surface area contributed by atoms with Crippen LogP contribution in [-0.4, -0.2) is 35.3 Å². The van der Waals surface area contributed by atoms with Crippen LogP contribution in [0.3, 0.4) is 0 Å². The summed E-state index contributed by atoms with van der Waals surface area (Å²) in [6, 6.07) is 0.0625. The first-order chi connectivity index (χ1) is 8.43. The second-order valence-electron chi connectivity index (χ2n) is 4.85. The monoisotopic (exact) mass is 270 g/mol. The van der Waals surface area contributed by atoms with Crippen LogP contribution in [-0.2, 0) is 10.0 Å². The quantitative estimate of drug-likeness (QED) is 0.880. The van der Waals surface area contributed by atoms with Crippen molar-refractivity contribution in [3.05, 3.63) is 12.4 Å². The van der Waals surface area contributed by atoms with Crippen LogP contribution in [0, 0.1) is 5.92 Å². The molecular formula is C11H18N4O2S. The van der Waals surface area contributed by atoms with Gasteiger partial charge < -0.3 is 5.73 Å². The highest BCUT2D eigenvalue weighted by atomic mass is 32.2. The molecule has 0 spiro atoms. The number of rotatable bonds is 3. The topological polar surface area (TPSA) is 89.2 Å². The van der Waals surface area contributed by atoms with Crippen molar-refractivity contribution < 1.29 is 8.42 Å². The van der Waals surface area contributed by atoms with E-state index >= 15 is 0 Å². The molecule has 6 nitrogen and oxygen atoms in total. The van der Waals surface area contributed by atoms with E-state index in [9.17, 15) is 8.42 Å². The normalized spacial score (nSPS) is 21.6. The molecule has 2 heterocycles. The van der Waals surface area contributed by atoms with Gasteiger partial charge in [0.1, 0.15) is 4.90 Å². The molecular weight excluding hydrogens is 252 g/mol. The van der Waals surface area contributed by atoms with Crippen LogP contribution in [0.5, 0.6) is 0 Å². The fourth-order valence-corrected chi connectivity index (χ4v) is 4.04. The highest BCUT2D eigenvalue weighted by molar-refractivity contribution is 7.89. The van der Waals surface area contributed by atoms with Crippen molar-refractivity contribution in [1.82, 2.24) is 14.3 Å². The molecule has 0 aromatic carbocycles. The maximum absolute atomic E-state index is 12.5. The van der Waals surface area contributed by atoms with Crippen molar-refractivity contribution in [2.45, 2.75) is 37.6 Å². The van der Waals surface area contributed by atoms with Crippen LogP contribution in [0.2, 0.25) is 0 Å². The summed E-state index contributed by atoms with van der Waals surface area (Å²) in [4.78, 5) is 7.61. The lowest BCUT2D eigenvalue weighted by atomic mass is 10.0. The molecule has 100 valence electrons. The minimum atomic E-state index is -3.50. The summed E-state index contributed by atoms with van der Waals surface area (Å²) < 4.78 is 26.5. The van der Waals surface area contributed by atoms with Gasteiger partial charge in [-0.15, -0.1) is 0 Å². The van der Waals surface area contributed by atoms with E-state index in [-0.39, 0.29) is 16.9 Å². The largest absolute Gasteiger partial charge is 0.368 e. The van der Waals surface area contributed by atoms with Crippen LogP contribution in [0.1, 0.15) is 26.7 Å². The van der Waals surface area contributed by atoms with E-state index in [0.29, 0.717) is 12.5 Å². The zero-order valence-corrected chi connectivity index (χ0v) is 11.4. The molecule has 18 heavy (non-hydrogen) atoms. The van der Waals surface area contributed by atoms with Crippen molar-refractivity contribution in [2.24, 2.45) is 5.92 Å². The number of hydrogen-bond donors (Lipinski definition) is 1. The van der Waals surface area contributed by atoms with E-state index in [1.54, 1.807) is 4.31 Å². The number of hydrogen-bond acceptors (Lipinski definition) is 5. The number of anilines is 1. The summed E-state index contributed by atoms with van der Waals surface area (Å²) in [6.45, 7) is 4.64. The van der Waals surface area contributed by atoms with Crippen LogP contribution < -0.4 is 5.73 Å². The van der Waals surface area contributed by atoms with Crippen LogP contribution >= 0.6 is 0 Å². The number of nitrogens with zero attached hydrogens (tertiary/aromatic N) is 3. The highest BCUT2D eigenvalue weighted by Crippen LogP contribution is 2.29. The first-order valence-electron chi connectivity index (χ1n) is 6.02. The van der Waals surface area contributed by atoms with Crippen LogP contribution in [0.15, 0.2) is 17.3 Å². The average molecular weight is 270 g/mol. The van der Waals surface area contributed by atoms with Crippen molar-refractivity contribution in [3.8, 4) is 0 Å². The molecule has 1 aliphatic heterocycles. The van der Waals surface area contributed by atoms with Crippen LogP contribution in [0.4, 0.5) is 5.95 Å². The summed E-state index contributed by atoms with van der Waals surface area (Å²) in [5, 5.41) is 0. The van der Waals surface area contributed by atoms with Gasteiger partial charge in [-0.3, -0.25) is 0 Å². The Bertz CT molecular complexity index is 512. The van der Waals surface area contributed by atoms with Gasteiger partial charge in [-0.05, 0) is 18.8 Å². The third-order valence-electron chi connectivity index (χ3n) is 3.27. The maximum Gasteiger partial charge on any atom is 0.246 e. The summed E-state index contributed by atoms with van der Waals surface area (Å²) in [7, 11) is -3.50. The maximum atomic E-state index is 12.5. The second-order valence-corrected chi connectivity index (χ2v) is 6.74. The van der Waals surface area contributed by atoms with E-state index < -0.39 is 10.0 Å². The first-order valence-corrected chi connectivity index (χ1v) is 7.46. The summed E-state index contributed by atoms with van der Waals surface area (Å²) >= 11 is 0. The molecule has 0 radical (unpaired) electrons.